The Balaban J connectivity index is 4.01. The van der Waals surface area contributed by atoms with E-state index in [0.717, 1.165) is 6.42 Å². The first-order chi connectivity index (χ1) is 6.20. The summed E-state index contributed by atoms with van der Waals surface area (Å²) in [6.45, 7) is 8.83. The lowest BCUT2D eigenvalue weighted by Crippen LogP contribution is -1.82. The molecule has 0 nitrogen and oxygen atoms in total. The second-order valence-corrected chi connectivity index (χ2v) is 3.89. The SMILES string of the molecule is CCC/C=C(/CC=C(C)C)CCC. The van der Waals surface area contributed by atoms with Crippen LogP contribution in [0.15, 0.2) is 23.3 Å². The van der Waals surface area contributed by atoms with Crippen LogP contribution in [0.1, 0.15) is 59.8 Å². The molecule has 0 heteroatoms. The van der Waals surface area contributed by atoms with Crippen LogP contribution in [0.3, 0.4) is 0 Å². The van der Waals surface area contributed by atoms with Gasteiger partial charge in [0.2, 0.25) is 0 Å². The zero-order valence-corrected chi connectivity index (χ0v) is 9.69. The molecule has 0 aliphatic rings. The lowest BCUT2D eigenvalue weighted by atomic mass is 10.0. The van der Waals surface area contributed by atoms with Crippen molar-refractivity contribution in [3.63, 3.8) is 0 Å². The topological polar surface area (TPSA) is 0 Å². The lowest BCUT2D eigenvalue weighted by molar-refractivity contribution is 0.852. The minimum Gasteiger partial charge on any atom is -0.0850 e. The maximum Gasteiger partial charge on any atom is -0.0136 e. The Hall–Kier alpha value is -0.520. The third kappa shape index (κ3) is 7.83. The molecule has 0 N–H and O–H groups in total. The van der Waals surface area contributed by atoms with Crippen molar-refractivity contribution in [1.82, 2.24) is 0 Å². The zero-order chi connectivity index (χ0) is 10.1. The first-order valence-electron chi connectivity index (χ1n) is 5.52. The van der Waals surface area contributed by atoms with Gasteiger partial charge in [0.25, 0.3) is 0 Å². The molecule has 0 heterocycles. The molecule has 0 aromatic rings. The van der Waals surface area contributed by atoms with Crippen molar-refractivity contribution in [3.05, 3.63) is 23.3 Å². The molecule has 0 aromatic heterocycles. The predicted molar refractivity (Wildman–Crippen MR) is 61.9 cm³/mol. The summed E-state index contributed by atoms with van der Waals surface area (Å²) in [6.07, 6.45) is 11.0. The highest BCUT2D eigenvalue weighted by Crippen LogP contribution is 2.13. The van der Waals surface area contributed by atoms with Gasteiger partial charge < -0.3 is 0 Å². The van der Waals surface area contributed by atoms with Gasteiger partial charge in [-0.2, -0.15) is 0 Å². The van der Waals surface area contributed by atoms with Gasteiger partial charge in [-0.15, -0.1) is 0 Å². The number of allylic oxidation sites excluding steroid dienone is 4. The smallest absolute Gasteiger partial charge is 0.0136 e. The van der Waals surface area contributed by atoms with Gasteiger partial charge >= 0.3 is 0 Å². The van der Waals surface area contributed by atoms with E-state index in [1.165, 1.54) is 31.3 Å². The van der Waals surface area contributed by atoms with Crippen molar-refractivity contribution in [2.45, 2.75) is 59.8 Å². The average molecular weight is 180 g/mol. The largest absolute Gasteiger partial charge is 0.0850 e. The fourth-order valence-corrected chi connectivity index (χ4v) is 1.29. The first kappa shape index (κ1) is 12.5. The molecular weight excluding hydrogens is 156 g/mol. The summed E-state index contributed by atoms with van der Waals surface area (Å²) in [4.78, 5) is 0. The number of hydrogen-bond donors (Lipinski definition) is 0. The van der Waals surface area contributed by atoms with Gasteiger partial charge in [0.1, 0.15) is 0 Å². The summed E-state index contributed by atoms with van der Waals surface area (Å²) in [5.74, 6) is 0. The standard InChI is InChI=1S/C13H24/c1-5-7-9-13(8-6-2)11-10-12(3)4/h9-10H,5-8,11H2,1-4H3/b13-9+. The molecular formula is C13H24. The van der Waals surface area contributed by atoms with Crippen LogP contribution >= 0.6 is 0 Å². The number of unbranched alkanes of at least 4 members (excludes halogenated alkanes) is 1. The lowest BCUT2D eigenvalue weighted by Gasteiger charge is -2.02. The Morgan fingerprint density at radius 1 is 1.00 bits per heavy atom. The van der Waals surface area contributed by atoms with Gasteiger partial charge in [0, 0.05) is 0 Å². The van der Waals surface area contributed by atoms with E-state index in [1.54, 1.807) is 5.57 Å². The minimum absolute atomic E-state index is 1.16. The van der Waals surface area contributed by atoms with Gasteiger partial charge in [-0.05, 0) is 33.1 Å². The molecule has 0 saturated carbocycles. The summed E-state index contributed by atoms with van der Waals surface area (Å²) in [7, 11) is 0. The summed E-state index contributed by atoms with van der Waals surface area (Å²) < 4.78 is 0. The Bertz CT molecular complexity index is 168. The quantitative estimate of drug-likeness (QED) is 0.512. The van der Waals surface area contributed by atoms with Crippen LogP contribution in [-0.2, 0) is 0 Å². The van der Waals surface area contributed by atoms with E-state index >= 15 is 0 Å². The van der Waals surface area contributed by atoms with Gasteiger partial charge in [0.05, 0.1) is 0 Å². The normalized spacial score (nSPS) is 11.5. The fourth-order valence-electron chi connectivity index (χ4n) is 1.29. The van der Waals surface area contributed by atoms with E-state index in [9.17, 15) is 0 Å². The Morgan fingerprint density at radius 2 is 1.69 bits per heavy atom. The fraction of sp³-hybridized carbons (Fsp3) is 0.692. The number of rotatable bonds is 6. The summed E-state index contributed by atoms with van der Waals surface area (Å²) >= 11 is 0. The second kappa shape index (κ2) is 8.10. The maximum atomic E-state index is 2.42. The first-order valence-corrected chi connectivity index (χ1v) is 5.52. The molecule has 76 valence electrons. The van der Waals surface area contributed by atoms with Crippen molar-refractivity contribution in [1.29, 1.82) is 0 Å². The summed E-state index contributed by atoms with van der Waals surface area (Å²) in [5, 5.41) is 0. The second-order valence-electron chi connectivity index (χ2n) is 3.89. The van der Waals surface area contributed by atoms with Crippen LogP contribution in [0.4, 0.5) is 0 Å². The minimum atomic E-state index is 1.16. The summed E-state index contributed by atoms with van der Waals surface area (Å²) in [6, 6.07) is 0. The molecule has 0 rings (SSSR count). The van der Waals surface area contributed by atoms with Crippen molar-refractivity contribution in [2.75, 3.05) is 0 Å². The molecule has 0 aromatic carbocycles. The highest BCUT2D eigenvalue weighted by atomic mass is 14.0. The van der Waals surface area contributed by atoms with Crippen LogP contribution in [0.25, 0.3) is 0 Å². The molecule has 0 bridgehead atoms. The Morgan fingerprint density at radius 3 is 2.15 bits per heavy atom. The highest BCUT2D eigenvalue weighted by molar-refractivity contribution is 5.09. The molecule has 0 aliphatic heterocycles. The van der Waals surface area contributed by atoms with Gasteiger partial charge in [-0.1, -0.05) is 50.0 Å². The van der Waals surface area contributed by atoms with Crippen molar-refractivity contribution in [3.8, 4) is 0 Å². The van der Waals surface area contributed by atoms with Crippen molar-refractivity contribution < 1.29 is 0 Å². The highest BCUT2D eigenvalue weighted by Gasteiger charge is 1.93. The molecule has 0 atom stereocenters. The van der Waals surface area contributed by atoms with Crippen molar-refractivity contribution in [2.24, 2.45) is 0 Å². The van der Waals surface area contributed by atoms with Crippen molar-refractivity contribution >= 4 is 0 Å². The monoisotopic (exact) mass is 180 g/mol. The number of hydrogen-bond acceptors (Lipinski definition) is 0. The predicted octanol–water partition coefficient (Wildman–Crippen LogP) is 4.87. The Labute approximate surface area is 83.7 Å². The maximum absolute atomic E-state index is 2.42. The molecule has 0 saturated heterocycles. The van der Waals surface area contributed by atoms with E-state index in [4.69, 9.17) is 0 Å². The van der Waals surface area contributed by atoms with Crippen LogP contribution in [0.2, 0.25) is 0 Å². The molecule has 0 unspecified atom stereocenters. The van der Waals surface area contributed by atoms with E-state index in [0.29, 0.717) is 0 Å². The van der Waals surface area contributed by atoms with E-state index in [-0.39, 0.29) is 0 Å². The van der Waals surface area contributed by atoms with Crippen LogP contribution in [0, 0.1) is 0 Å². The third-order valence-electron chi connectivity index (χ3n) is 2.07. The third-order valence-corrected chi connectivity index (χ3v) is 2.07. The average Bonchev–Trinajstić information content (AvgIpc) is 2.09. The van der Waals surface area contributed by atoms with E-state index in [1.807, 2.05) is 0 Å². The zero-order valence-electron chi connectivity index (χ0n) is 9.69. The van der Waals surface area contributed by atoms with E-state index in [2.05, 4.69) is 39.8 Å². The molecule has 0 aliphatic carbocycles. The summed E-state index contributed by atoms with van der Waals surface area (Å²) in [5.41, 5.74) is 3.05. The molecule has 0 fully saturated rings. The molecule has 0 spiro atoms. The molecule has 13 heavy (non-hydrogen) atoms. The van der Waals surface area contributed by atoms with Gasteiger partial charge in [-0.3, -0.25) is 0 Å². The van der Waals surface area contributed by atoms with Crippen LogP contribution in [0.5, 0.6) is 0 Å². The molecule has 0 radical (unpaired) electrons. The van der Waals surface area contributed by atoms with Gasteiger partial charge in [0.15, 0.2) is 0 Å². The Kier molecular flexibility index (Phi) is 7.77. The van der Waals surface area contributed by atoms with Gasteiger partial charge in [-0.25, -0.2) is 0 Å². The van der Waals surface area contributed by atoms with Crippen LogP contribution < -0.4 is 0 Å². The molecule has 0 amide bonds. The van der Waals surface area contributed by atoms with Crippen LogP contribution in [-0.4, -0.2) is 0 Å². The van der Waals surface area contributed by atoms with E-state index < -0.39 is 0 Å².